The molecule has 0 radical (unpaired) electrons. The van der Waals surface area contributed by atoms with Gasteiger partial charge in [0.1, 0.15) is 0 Å². The van der Waals surface area contributed by atoms with Crippen molar-refractivity contribution in [3.63, 3.8) is 0 Å². The molecule has 0 saturated heterocycles. The average molecular weight is 334 g/mol. The van der Waals surface area contributed by atoms with Gasteiger partial charge in [-0.05, 0) is 62.6 Å². The number of hydrogen-bond donors (Lipinski definition) is 2. The third-order valence-corrected chi connectivity index (χ3v) is 4.39. The summed E-state index contributed by atoms with van der Waals surface area (Å²) in [4.78, 5) is 12.7. The molecular weight excluding hydrogens is 312 g/mol. The summed E-state index contributed by atoms with van der Waals surface area (Å²) < 4.78 is 1.55. The van der Waals surface area contributed by atoms with E-state index >= 15 is 0 Å². The molecule has 3 rings (SSSR count). The van der Waals surface area contributed by atoms with Gasteiger partial charge in [0.05, 0.1) is 23.2 Å². The first kappa shape index (κ1) is 16.8. The molecule has 1 aromatic heterocycles. The van der Waals surface area contributed by atoms with Crippen LogP contribution in [0.25, 0.3) is 5.69 Å². The molecule has 2 N–H and O–H groups in total. The van der Waals surface area contributed by atoms with E-state index in [-0.39, 0.29) is 5.56 Å². The lowest BCUT2D eigenvalue weighted by atomic mass is 10.1. The SMILES string of the molecule is Cc1ccc(-n2[nH]c(C)c(C=NNc3ccccc3C)c2=O)cc1C. The summed E-state index contributed by atoms with van der Waals surface area (Å²) in [5.74, 6) is 0. The van der Waals surface area contributed by atoms with Crippen molar-refractivity contribution in [2.45, 2.75) is 27.7 Å². The molecule has 2 aromatic carbocycles. The van der Waals surface area contributed by atoms with E-state index in [1.165, 1.54) is 5.56 Å². The number of nitrogens with one attached hydrogen (secondary N) is 2. The van der Waals surface area contributed by atoms with Gasteiger partial charge in [-0.2, -0.15) is 5.10 Å². The van der Waals surface area contributed by atoms with Gasteiger partial charge < -0.3 is 0 Å². The fraction of sp³-hybridized carbons (Fsp3) is 0.200. The molecule has 0 aliphatic carbocycles. The van der Waals surface area contributed by atoms with Crippen molar-refractivity contribution in [3.8, 4) is 5.69 Å². The molecule has 25 heavy (non-hydrogen) atoms. The second-order valence-corrected chi connectivity index (χ2v) is 6.24. The van der Waals surface area contributed by atoms with Gasteiger partial charge in [0.2, 0.25) is 0 Å². The number of nitrogens with zero attached hydrogens (tertiary/aromatic N) is 2. The maximum absolute atomic E-state index is 12.7. The van der Waals surface area contributed by atoms with Crippen molar-refractivity contribution in [2.24, 2.45) is 5.10 Å². The quantitative estimate of drug-likeness (QED) is 0.562. The molecule has 0 amide bonds. The van der Waals surface area contributed by atoms with Gasteiger partial charge in [-0.15, -0.1) is 0 Å². The molecule has 0 saturated carbocycles. The Kier molecular flexibility index (Phi) is 4.57. The minimum Gasteiger partial charge on any atom is -0.295 e. The maximum atomic E-state index is 12.7. The van der Waals surface area contributed by atoms with Crippen LogP contribution >= 0.6 is 0 Å². The number of aromatic nitrogens is 2. The number of hydrazone groups is 1. The zero-order valence-corrected chi connectivity index (χ0v) is 14.9. The Bertz CT molecular complexity index is 995. The monoisotopic (exact) mass is 334 g/mol. The first-order valence-electron chi connectivity index (χ1n) is 8.21. The highest BCUT2D eigenvalue weighted by Crippen LogP contribution is 2.14. The molecule has 0 unspecified atom stereocenters. The lowest BCUT2D eigenvalue weighted by Gasteiger charge is -2.05. The summed E-state index contributed by atoms with van der Waals surface area (Å²) in [6.07, 6.45) is 1.57. The van der Waals surface area contributed by atoms with Crippen molar-refractivity contribution in [1.82, 2.24) is 9.78 Å². The van der Waals surface area contributed by atoms with Gasteiger partial charge in [-0.25, -0.2) is 4.68 Å². The van der Waals surface area contributed by atoms with E-state index in [0.29, 0.717) is 5.56 Å². The van der Waals surface area contributed by atoms with E-state index in [4.69, 9.17) is 0 Å². The number of para-hydroxylation sites is 1. The summed E-state index contributed by atoms with van der Waals surface area (Å²) in [6.45, 7) is 7.96. The molecule has 1 heterocycles. The molecular formula is C20H22N4O. The zero-order chi connectivity index (χ0) is 18.0. The first-order valence-corrected chi connectivity index (χ1v) is 8.21. The van der Waals surface area contributed by atoms with Crippen LogP contribution in [0.5, 0.6) is 0 Å². The molecule has 5 heteroatoms. The van der Waals surface area contributed by atoms with Crippen molar-refractivity contribution in [3.05, 3.63) is 80.8 Å². The van der Waals surface area contributed by atoms with Gasteiger partial charge >= 0.3 is 0 Å². The van der Waals surface area contributed by atoms with Crippen LogP contribution in [0.1, 0.15) is 27.9 Å². The Morgan fingerprint density at radius 2 is 1.76 bits per heavy atom. The number of rotatable bonds is 4. The Hall–Kier alpha value is -3.08. The second kappa shape index (κ2) is 6.81. The van der Waals surface area contributed by atoms with Crippen LogP contribution < -0.4 is 11.0 Å². The van der Waals surface area contributed by atoms with E-state index in [0.717, 1.165) is 28.2 Å². The Labute approximate surface area is 147 Å². The molecule has 0 aliphatic heterocycles. The third kappa shape index (κ3) is 3.40. The predicted molar refractivity (Wildman–Crippen MR) is 103 cm³/mol. The van der Waals surface area contributed by atoms with Crippen LogP contribution in [0.3, 0.4) is 0 Å². The first-order chi connectivity index (χ1) is 12.0. The highest BCUT2D eigenvalue weighted by molar-refractivity contribution is 5.81. The van der Waals surface area contributed by atoms with Crippen LogP contribution in [0, 0.1) is 27.7 Å². The molecule has 0 aliphatic rings. The number of hydrogen-bond acceptors (Lipinski definition) is 3. The highest BCUT2D eigenvalue weighted by atomic mass is 16.1. The van der Waals surface area contributed by atoms with Gasteiger partial charge in [-0.3, -0.25) is 15.3 Å². The van der Waals surface area contributed by atoms with Crippen molar-refractivity contribution in [1.29, 1.82) is 0 Å². The number of H-pyrrole nitrogens is 1. The van der Waals surface area contributed by atoms with E-state index in [1.807, 2.05) is 63.2 Å². The lowest BCUT2D eigenvalue weighted by molar-refractivity contribution is 0.833. The normalized spacial score (nSPS) is 11.2. The van der Waals surface area contributed by atoms with Gasteiger partial charge in [-0.1, -0.05) is 24.3 Å². The lowest BCUT2D eigenvalue weighted by Crippen LogP contribution is -2.17. The molecule has 0 bridgehead atoms. The third-order valence-electron chi connectivity index (χ3n) is 4.39. The van der Waals surface area contributed by atoms with Gasteiger partial charge in [0.15, 0.2) is 0 Å². The largest absolute Gasteiger partial charge is 0.295 e. The predicted octanol–water partition coefficient (Wildman–Crippen LogP) is 3.85. The number of benzene rings is 2. The highest BCUT2D eigenvalue weighted by Gasteiger charge is 2.11. The summed E-state index contributed by atoms with van der Waals surface area (Å²) in [5.41, 5.74) is 9.37. The molecule has 0 fully saturated rings. The van der Waals surface area contributed by atoms with Crippen LogP contribution in [-0.4, -0.2) is 16.0 Å². The fourth-order valence-electron chi connectivity index (χ4n) is 2.62. The summed E-state index contributed by atoms with van der Waals surface area (Å²) >= 11 is 0. The average Bonchev–Trinajstić information content (AvgIpc) is 2.87. The van der Waals surface area contributed by atoms with Crippen LogP contribution in [-0.2, 0) is 0 Å². The van der Waals surface area contributed by atoms with Crippen molar-refractivity contribution < 1.29 is 0 Å². The van der Waals surface area contributed by atoms with E-state index < -0.39 is 0 Å². The fourth-order valence-corrected chi connectivity index (χ4v) is 2.62. The topological polar surface area (TPSA) is 62.2 Å². The minimum atomic E-state index is -0.115. The van der Waals surface area contributed by atoms with Gasteiger partial charge in [0.25, 0.3) is 5.56 Å². The molecule has 0 spiro atoms. The number of anilines is 1. The summed E-state index contributed by atoms with van der Waals surface area (Å²) in [7, 11) is 0. The number of aryl methyl sites for hydroxylation is 4. The summed E-state index contributed by atoms with van der Waals surface area (Å²) in [6, 6.07) is 13.8. The maximum Gasteiger partial charge on any atom is 0.280 e. The minimum absolute atomic E-state index is 0.115. The Balaban J connectivity index is 1.89. The molecule has 5 nitrogen and oxygen atoms in total. The second-order valence-electron chi connectivity index (χ2n) is 6.24. The Morgan fingerprint density at radius 3 is 2.48 bits per heavy atom. The van der Waals surface area contributed by atoms with Gasteiger partial charge in [0, 0.05) is 5.69 Å². The van der Waals surface area contributed by atoms with Crippen LogP contribution in [0.15, 0.2) is 52.4 Å². The van der Waals surface area contributed by atoms with Crippen LogP contribution in [0.2, 0.25) is 0 Å². The van der Waals surface area contributed by atoms with E-state index in [1.54, 1.807) is 10.9 Å². The summed E-state index contributed by atoms with van der Waals surface area (Å²) in [5, 5.41) is 7.35. The van der Waals surface area contributed by atoms with Crippen molar-refractivity contribution in [2.75, 3.05) is 5.43 Å². The molecule has 128 valence electrons. The van der Waals surface area contributed by atoms with E-state index in [9.17, 15) is 4.79 Å². The van der Waals surface area contributed by atoms with Crippen LogP contribution in [0.4, 0.5) is 5.69 Å². The Morgan fingerprint density at radius 1 is 1.00 bits per heavy atom. The molecule has 3 aromatic rings. The smallest absolute Gasteiger partial charge is 0.280 e. The standard InChI is InChI=1S/C20H22N4O/c1-13-9-10-17(11-15(13)3)24-20(25)18(16(4)23-24)12-21-22-19-8-6-5-7-14(19)2/h5-12,22-23H,1-4H3. The zero-order valence-electron chi connectivity index (χ0n) is 14.9. The van der Waals surface area contributed by atoms with Crippen molar-refractivity contribution >= 4 is 11.9 Å². The number of aromatic amines is 1. The molecule has 0 atom stereocenters. The van der Waals surface area contributed by atoms with E-state index in [2.05, 4.69) is 22.5 Å².